The average Bonchev–Trinajstić information content (AvgIpc) is 2.93. The first-order valence-electron chi connectivity index (χ1n) is 6.88. The number of hydrazine groups is 1. The van der Waals surface area contributed by atoms with Crippen molar-refractivity contribution in [3.05, 3.63) is 42.5 Å². The lowest BCUT2D eigenvalue weighted by molar-refractivity contribution is -0.118. The molecule has 0 atom stereocenters. The van der Waals surface area contributed by atoms with Gasteiger partial charge >= 0.3 is 0 Å². The summed E-state index contributed by atoms with van der Waals surface area (Å²) in [4.78, 5) is 16.0. The lowest BCUT2D eigenvalue weighted by Crippen LogP contribution is -2.42. The first-order valence-corrected chi connectivity index (χ1v) is 6.88. The quantitative estimate of drug-likeness (QED) is 0.461. The highest BCUT2D eigenvalue weighted by Gasteiger charge is 2.19. The van der Waals surface area contributed by atoms with Gasteiger partial charge < -0.3 is 4.90 Å². The van der Waals surface area contributed by atoms with Crippen molar-refractivity contribution in [1.29, 1.82) is 0 Å². The van der Waals surface area contributed by atoms with Crippen LogP contribution in [0.15, 0.2) is 42.5 Å². The van der Waals surface area contributed by atoms with Crippen molar-refractivity contribution in [2.45, 2.75) is 6.92 Å². The third-order valence-corrected chi connectivity index (χ3v) is 3.32. The van der Waals surface area contributed by atoms with E-state index in [2.05, 4.69) is 51.5 Å². The molecule has 0 aliphatic carbocycles. The zero-order valence-electron chi connectivity index (χ0n) is 11.9. The van der Waals surface area contributed by atoms with Gasteiger partial charge in [0.05, 0.1) is 6.67 Å². The molecule has 108 valence electrons. The second kappa shape index (κ2) is 7.07. The molecule has 5 heteroatoms. The molecule has 1 aliphatic heterocycles. The number of rotatable bonds is 6. The molecule has 1 aromatic rings. The minimum Gasteiger partial charge on any atom is -0.357 e. The van der Waals surface area contributed by atoms with E-state index >= 15 is 0 Å². The number of nitrogens with one attached hydrogen (secondary N) is 2. The van der Waals surface area contributed by atoms with Gasteiger partial charge in [-0.2, -0.15) is 0 Å². The molecule has 5 nitrogen and oxygen atoms in total. The zero-order chi connectivity index (χ0) is 14.4. The number of hydrogen-bond acceptors (Lipinski definition) is 4. The van der Waals surface area contributed by atoms with Crippen LogP contribution < -0.4 is 15.8 Å². The first kappa shape index (κ1) is 14.6. The van der Waals surface area contributed by atoms with Crippen molar-refractivity contribution in [3.63, 3.8) is 0 Å². The van der Waals surface area contributed by atoms with Gasteiger partial charge in [0.25, 0.3) is 5.91 Å². The van der Waals surface area contributed by atoms with Crippen LogP contribution in [-0.4, -0.2) is 43.7 Å². The molecule has 1 fully saturated rings. The Balaban J connectivity index is 1.67. The number of nitrogens with zero attached hydrogens (tertiary/aromatic N) is 2. The number of benzene rings is 1. The molecular formula is C15H22N4O. The minimum absolute atomic E-state index is 0.155. The van der Waals surface area contributed by atoms with Crippen molar-refractivity contribution in [2.75, 3.05) is 37.7 Å². The summed E-state index contributed by atoms with van der Waals surface area (Å²) < 4.78 is 0. The normalized spacial score (nSPS) is 15.3. The summed E-state index contributed by atoms with van der Waals surface area (Å²) in [5, 5.41) is 0. The van der Waals surface area contributed by atoms with Crippen LogP contribution >= 0.6 is 0 Å². The van der Waals surface area contributed by atoms with Crippen LogP contribution in [0.25, 0.3) is 0 Å². The summed E-state index contributed by atoms with van der Waals surface area (Å²) in [6.45, 7) is 9.92. The van der Waals surface area contributed by atoms with E-state index in [1.54, 1.807) is 6.92 Å². The number of carbonyl (C=O) groups excluding carboxylic acids is 1. The van der Waals surface area contributed by atoms with Gasteiger partial charge in [-0.05, 0) is 19.1 Å². The monoisotopic (exact) mass is 274 g/mol. The topological polar surface area (TPSA) is 47.6 Å². The number of amides is 1. The average molecular weight is 274 g/mol. The van der Waals surface area contributed by atoms with Crippen LogP contribution in [0, 0.1) is 0 Å². The van der Waals surface area contributed by atoms with Gasteiger partial charge in [-0.25, -0.2) is 5.43 Å². The fourth-order valence-electron chi connectivity index (χ4n) is 2.14. The second-order valence-corrected chi connectivity index (χ2v) is 5.02. The molecule has 1 aromatic carbocycles. The molecule has 0 saturated carbocycles. The largest absolute Gasteiger partial charge is 0.357 e. The van der Waals surface area contributed by atoms with E-state index in [1.807, 2.05) is 6.07 Å². The first-order chi connectivity index (χ1) is 9.66. The molecule has 0 spiro atoms. The van der Waals surface area contributed by atoms with Crippen molar-refractivity contribution in [2.24, 2.45) is 0 Å². The minimum atomic E-state index is -0.155. The van der Waals surface area contributed by atoms with E-state index in [1.165, 1.54) is 5.69 Å². The van der Waals surface area contributed by atoms with E-state index in [0.717, 1.165) is 32.8 Å². The molecule has 2 rings (SSSR count). The fourth-order valence-corrected chi connectivity index (χ4v) is 2.14. The number of anilines is 1. The Morgan fingerprint density at radius 3 is 2.75 bits per heavy atom. The van der Waals surface area contributed by atoms with Gasteiger partial charge in [0.1, 0.15) is 0 Å². The summed E-state index contributed by atoms with van der Waals surface area (Å²) in [5.74, 6) is -0.155. The highest BCUT2D eigenvalue weighted by molar-refractivity contribution is 5.91. The molecular weight excluding hydrogens is 252 g/mol. The summed E-state index contributed by atoms with van der Waals surface area (Å²) in [7, 11) is 0. The maximum absolute atomic E-state index is 11.3. The number of hydrogen-bond donors (Lipinski definition) is 2. The van der Waals surface area contributed by atoms with E-state index in [-0.39, 0.29) is 5.91 Å². The van der Waals surface area contributed by atoms with E-state index in [0.29, 0.717) is 5.57 Å². The van der Waals surface area contributed by atoms with Crippen molar-refractivity contribution in [1.82, 2.24) is 15.8 Å². The highest BCUT2D eigenvalue weighted by Crippen LogP contribution is 2.16. The molecule has 1 amide bonds. The van der Waals surface area contributed by atoms with Gasteiger partial charge in [0.2, 0.25) is 0 Å². The number of para-hydroxylation sites is 1. The number of carbonyl (C=O) groups is 1. The van der Waals surface area contributed by atoms with E-state index in [4.69, 9.17) is 0 Å². The van der Waals surface area contributed by atoms with E-state index in [9.17, 15) is 4.79 Å². The standard InChI is InChI=1S/C15H22N4O/c1-13(2)15(20)17-16-8-9-18-10-11-19(12-18)14-6-4-3-5-7-14/h3-7,16H,1,8-12H2,2H3,(H,17,20). The van der Waals surface area contributed by atoms with Gasteiger partial charge in [-0.15, -0.1) is 0 Å². The Hall–Kier alpha value is -1.85. The second-order valence-electron chi connectivity index (χ2n) is 5.02. The van der Waals surface area contributed by atoms with Crippen LogP contribution in [-0.2, 0) is 4.79 Å². The predicted octanol–water partition coefficient (Wildman–Crippen LogP) is 0.963. The summed E-state index contributed by atoms with van der Waals surface area (Å²) in [6, 6.07) is 10.4. The third kappa shape index (κ3) is 4.08. The molecule has 0 aromatic heterocycles. The summed E-state index contributed by atoms with van der Waals surface area (Å²) in [6.07, 6.45) is 0. The Morgan fingerprint density at radius 1 is 1.30 bits per heavy atom. The summed E-state index contributed by atoms with van der Waals surface area (Å²) in [5.41, 5.74) is 7.32. The molecule has 0 unspecified atom stereocenters. The van der Waals surface area contributed by atoms with Gasteiger partial charge in [0.15, 0.2) is 0 Å². The molecule has 1 aliphatic rings. The van der Waals surface area contributed by atoms with Crippen LogP contribution in [0.5, 0.6) is 0 Å². The Labute approximate surface area is 120 Å². The molecule has 20 heavy (non-hydrogen) atoms. The van der Waals surface area contributed by atoms with E-state index < -0.39 is 0 Å². The molecule has 0 radical (unpaired) electrons. The van der Waals surface area contributed by atoms with Crippen LogP contribution in [0.3, 0.4) is 0 Å². The Bertz CT molecular complexity index is 460. The molecule has 2 N–H and O–H groups in total. The van der Waals surface area contributed by atoms with Crippen molar-refractivity contribution in [3.8, 4) is 0 Å². The molecule has 1 heterocycles. The van der Waals surface area contributed by atoms with Gasteiger partial charge in [-0.3, -0.25) is 15.1 Å². The smallest absolute Gasteiger partial charge is 0.260 e. The van der Waals surface area contributed by atoms with Crippen molar-refractivity contribution >= 4 is 11.6 Å². The van der Waals surface area contributed by atoms with Gasteiger partial charge in [0, 0.05) is 37.4 Å². The lowest BCUT2D eigenvalue weighted by Gasteiger charge is -2.20. The Morgan fingerprint density at radius 2 is 2.05 bits per heavy atom. The van der Waals surface area contributed by atoms with Gasteiger partial charge in [-0.1, -0.05) is 24.8 Å². The maximum atomic E-state index is 11.3. The van der Waals surface area contributed by atoms with Crippen LogP contribution in [0.1, 0.15) is 6.92 Å². The van der Waals surface area contributed by atoms with Crippen LogP contribution in [0.2, 0.25) is 0 Å². The molecule has 1 saturated heterocycles. The third-order valence-electron chi connectivity index (χ3n) is 3.32. The fraction of sp³-hybridized carbons (Fsp3) is 0.400. The highest BCUT2D eigenvalue weighted by atomic mass is 16.2. The van der Waals surface area contributed by atoms with Crippen LogP contribution in [0.4, 0.5) is 5.69 Å². The molecule has 0 bridgehead atoms. The summed E-state index contributed by atoms with van der Waals surface area (Å²) >= 11 is 0. The van der Waals surface area contributed by atoms with Crippen molar-refractivity contribution < 1.29 is 4.79 Å². The zero-order valence-corrected chi connectivity index (χ0v) is 11.9. The lowest BCUT2D eigenvalue weighted by atomic mass is 10.3. The SMILES string of the molecule is C=C(C)C(=O)NNCCN1CCN(c2ccccc2)C1. The maximum Gasteiger partial charge on any atom is 0.260 e. The predicted molar refractivity (Wildman–Crippen MR) is 81.2 cm³/mol. The Kier molecular flexibility index (Phi) is 5.15.